The summed E-state index contributed by atoms with van der Waals surface area (Å²) in [5, 5.41) is 0. The highest BCUT2D eigenvalue weighted by Gasteiger charge is 2.48. The van der Waals surface area contributed by atoms with E-state index in [4.69, 9.17) is 11.6 Å². The van der Waals surface area contributed by atoms with Crippen molar-refractivity contribution < 1.29 is 4.79 Å². The molecule has 4 nitrogen and oxygen atoms in total. The lowest BCUT2D eigenvalue weighted by Gasteiger charge is -2.25. The van der Waals surface area contributed by atoms with Crippen LogP contribution < -0.4 is 17.0 Å². The zero-order valence-corrected chi connectivity index (χ0v) is 6.99. The molecule has 0 aliphatic heterocycles. The van der Waals surface area contributed by atoms with Crippen LogP contribution in [-0.4, -0.2) is 11.9 Å². The van der Waals surface area contributed by atoms with Gasteiger partial charge in [0.05, 0.1) is 5.92 Å². The highest BCUT2D eigenvalue weighted by molar-refractivity contribution is 5.79. The van der Waals surface area contributed by atoms with Gasteiger partial charge in [-0.2, -0.15) is 0 Å². The molecule has 68 valence electrons. The molecule has 4 atom stereocenters. The zero-order valence-electron chi connectivity index (χ0n) is 6.99. The van der Waals surface area contributed by atoms with E-state index >= 15 is 0 Å². The average molecular weight is 169 g/mol. The molecule has 4 heteroatoms. The Kier molecular flexibility index (Phi) is 1.81. The van der Waals surface area contributed by atoms with Gasteiger partial charge in [-0.05, 0) is 31.1 Å². The second-order valence-electron chi connectivity index (χ2n) is 3.94. The average Bonchev–Trinajstić information content (AvgIpc) is 2.63. The summed E-state index contributed by atoms with van der Waals surface area (Å²) in [5.41, 5.74) is 8.13. The lowest BCUT2D eigenvalue weighted by atomic mass is 9.84. The SMILES string of the molecule is NNC(=O)[C@H]1[C@H]2CC[C@H](C2)[C@H]1N. The van der Waals surface area contributed by atoms with Crippen LogP contribution in [0.5, 0.6) is 0 Å². The number of fused-ring (bicyclic) bond motifs is 2. The van der Waals surface area contributed by atoms with Gasteiger partial charge >= 0.3 is 0 Å². The highest BCUT2D eigenvalue weighted by Crippen LogP contribution is 2.47. The number of hydrogen-bond donors (Lipinski definition) is 3. The van der Waals surface area contributed by atoms with Gasteiger partial charge in [0.2, 0.25) is 5.91 Å². The van der Waals surface area contributed by atoms with Crippen molar-refractivity contribution in [1.82, 2.24) is 5.43 Å². The predicted molar refractivity (Wildman–Crippen MR) is 44.6 cm³/mol. The minimum Gasteiger partial charge on any atom is -0.327 e. The second kappa shape index (κ2) is 2.71. The van der Waals surface area contributed by atoms with Gasteiger partial charge in [0.15, 0.2) is 0 Å². The summed E-state index contributed by atoms with van der Waals surface area (Å²) in [7, 11) is 0. The standard InChI is InChI=1S/C8H15N3O/c9-7-5-2-1-4(3-5)6(7)8(12)11-10/h4-7H,1-3,9-10H2,(H,11,12)/t4-,5+,6-,7+/m0/s1. The van der Waals surface area contributed by atoms with Gasteiger partial charge in [0.25, 0.3) is 0 Å². The maximum atomic E-state index is 11.3. The molecule has 2 aliphatic rings. The molecule has 0 aromatic carbocycles. The molecular formula is C8H15N3O. The van der Waals surface area contributed by atoms with Gasteiger partial charge in [0, 0.05) is 6.04 Å². The Bertz CT molecular complexity index is 204. The summed E-state index contributed by atoms with van der Waals surface area (Å²) in [6.45, 7) is 0. The highest BCUT2D eigenvalue weighted by atomic mass is 16.2. The molecular weight excluding hydrogens is 154 g/mol. The third kappa shape index (κ3) is 0.949. The van der Waals surface area contributed by atoms with Crippen molar-refractivity contribution in [3.63, 3.8) is 0 Å². The van der Waals surface area contributed by atoms with Crippen LogP contribution in [0.4, 0.5) is 0 Å². The van der Waals surface area contributed by atoms with E-state index in [1.165, 1.54) is 6.42 Å². The van der Waals surface area contributed by atoms with E-state index in [2.05, 4.69) is 5.43 Å². The number of hydrogen-bond acceptors (Lipinski definition) is 3. The van der Waals surface area contributed by atoms with Crippen molar-refractivity contribution in [1.29, 1.82) is 0 Å². The van der Waals surface area contributed by atoms with E-state index in [1.807, 2.05) is 0 Å². The van der Waals surface area contributed by atoms with Crippen molar-refractivity contribution in [3.8, 4) is 0 Å². The van der Waals surface area contributed by atoms with Gasteiger partial charge in [-0.15, -0.1) is 0 Å². The molecule has 2 bridgehead atoms. The number of nitrogens with two attached hydrogens (primary N) is 2. The minimum atomic E-state index is -0.0744. The number of nitrogens with one attached hydrogen (secondary N) is 1. The molecule has 0 radical (unpaired) electrons. The third-order valence-corrected chi connectivity index (χ3v) is 3.43. The van der Waals surface area contributed by atoms with Crippen LogP contribution in [0.15, 0.2) is 0 Å². The summed E-state index contributed by atoms with van der Waals surface area (Å²) in [6.07, 6.45) is 3.47. The lowest BCUT2D eigenvalue weighted by molar-refractivity contribution is -0.127. The van der Waals surface area contributed by atoms with Gasteiger partial charge in [-0.1, -0.05) is 0 Å². The summed E-state index contributed by atoms with van der Waals surface area (Å²) < 4.78 is 0. The molecule has 2 rings (SSSR count). The summed E-state index contributed by atoms with van der Waals surface area (Å²) in [4.78, 5) is 11.3. The van der Waals surface area contributed by atoms with Gasteiger partial charge < -0.3 is 5.73 Å². The molecule has 0 unspecified atom stereocenters. The first-order chi connectivity index (χ1) is 5.74. The normalized spacial score (nSPS) is 44.8. The molecule has 2 fully saturated rings. The summed E-state index contributed by atoms with van der Waals surface area (Å²) >= 11 is 0. The van der Waals surface area contributed by atoms with Crippen LogP contribution in [0.25, 0.3) is 0 Å². The first-order valence-corrected chi connectivity index (χ1v) is 4.50. The van der Waals surface area contributed by atoms with Crippen LogP contribution in [0.1, 0.15) is 19.3 Å². The molecule has 0 heterocycles. The van der Waals surface area contributed by atoms with Crippen molar-refractivity contribution >= 4 is 5.91 Å². The lowest BCUT2D eigenvalue weighted by Crippen LogP contribution is -2.47. The molecule has 1 amide bonds. The van der Waals surface area contributed by atoms with E-state index < -0.39 is 0 Å². The van der Waals surface area contributed by atoms with Crippen LogP contribution in [0.3, 0.4) is 0 Å². The predicted octanol–water partition coefficient (Wildman–Crippen LogP) is -0.650. The monoisotopic (exact) mass is 169 g/mol. The molecule has 12 heavy (non-hydrogen) atoms. The molecule has 0 saturated heterocycles. The third-order valence-electron chi connectivity index (χ3n) is 3.43. The Balaban J connectivity index is 2.12. The van der Waals surface area contributed by atoms with Crippen molar-refractivity contribution in [3.05, 3.63) is 0 Å². The first kappa shape index (κ1) is 8.01. The van der Waals surface area contributed by atoms with Crippen LogP contribution in [-0.2, 0) is 4.79 Å². The van der Waals surface area contributed by atoms with Crippen molar-refractivity contribution in [2.24, 2.45) is 29.3 Å². The number of hydrazine groups is 1. The molecule has 0 aromatic rings. The smallest absolute Gasteiger partial charge is 0.238 e. The fraction of sp³-hybridized carbons (Fsp3) is 0.875. The molecule has 2 aliphatic carbocycles. The fourth-order valence-corrected chi connectivity index (χ4v) is 2.82. The Hall–Kier alpha value is -0.610. The Morgan fingerprint density at radius 2 is 2.00 bits per heavy atom. The quantitative estimate of drug-likeness (QED) is 0.277. The maximum Gasteiger partial charge on any atom is 0.238 e. The Morgan fingerprint density at radius 1 is 1.33 bits per heavy atom. The number of carbonyl (C=O) groups excluding carboxylic acids is 1. The van der Waals surface area contributed by atoms with Crippen molar-refractivity contribution in [2.75, 3.05) is 0 Å². The maximum absolute atomic E-state index is 11.3. The van der Waals surface area contributed by atoms with E-state index in [0.717, 1.165) is 12.8 Å². The number of carbonyl (C=O) groups is 1. The van der Waals surface area contributed by atoms with E-state index in [0.29, 0.717) is 11.8 Å². The van der Waals surface area contributed by atoms with Crippen LogP contribution in [0.2, 0.25) is 0 Å². The van der Waals surface area contributed by atoms with Crippen LogP contribution in [0, 0.1) is 17.8 Å². The largest absolute Gasteiger partial charge is 0.327 e. The molecule has 5 N–H and O–H groups in total. The minimum absolute atomic E-state index is 0.0197. The summed E-state index contributed by atoms with van der Waals surface area (Å²) in [6, 6.07) is 0.0484. The first-order valence-electron chi connectivity index (χ1n) is 4.50. The number of rotatable bonds is 1. The molecule has 0 spiro atoms. The fourth-order valence-electron chi connectivity index (χ4n) is 2.82. The second-order valence-corrected chi connectivity index (χ2v) is 3.94. The van der Waals surface area contributed by atoms with Gasteiger partial charge in [0.1, 0.15) is 0 Å². The van der Waals surface area contributed by atoms with Gasteiger partial charge in [-0.3, -0.25) is 10.2 Å². The number of amides is 1. The Morgan fingerprint density at radius 3 is 2.50 bits per heavy atom. The van der Waals surface area contributed by atoms with E-state index in [-0.39, 0.29) is 17.9 Å². The van der Waals surface area contributed by atoms with Crippen molar-refractivity contribution in [2.45, 2.75) is 25.3 Å². The Labute approximate surface area is 71.6 Å². The van der Waals surface area contributed by atoms with E-state index in [9.17, 15) is 4.79 Å². The van der Waals surface area contributed by atoms with E-state index in [1.54, 1.807) is 0 Å². The molecule has 2 saturated carbocycles. The van der Waals surface area contributed by atoms with Gasteiger partial charge in [-0.25, -0.2) is 5.84 Å². The topological polar surface area (TPSA) is 81.1 Å². The zero-order chi connectivity index (χ0) is 8.72. The summed E-state index contributed by atoms with van der Waals surface area (Å²) in [5.74, 6) is 6.06. The van der Waals surface area contributed by atoms with Crippen LogP contribution >= 0.6 is 0 Å². The molecule has 0 aromatic heterocycles.